The van der Waals surface area contributed by atoms with Crippen LogP contribution >= 0.6 is 0 Å². The van der Waals surface area contributed by atoms with Gasteiger partial charge in [-0.1, -0.05) is 54.6 Å². The Morgan fingerprint density at radius 1 is 1.14 bits per heavy atom. The minimum Gasteiger partial charge on any atom is -0.488 e. The fourth-order valence-electron chi connectivity index (χ4n) is 5.47. The van der Waals surface area contributed by atoms with Gasteiger partial charge in [-0.3, -0.25) is 4.79 Å². The van der Waals surface area contributed by atoms with E-state index < -0.39 is 18.0 Å². The molecular formula is C30H35NO5. The van der Waals surface area contributed by atoms with Crippen LogP contribution < -0.4 is 10.1 Å². The van der Waals surface area contributed by atoms with Crippen molar-refractivity contribution < 1.29 is 24.5 Å². The van der Waals surface area contributed by atoms with Crippen LogP contribution in [0.1, 0.15) is 42.0 Å². The molecule has 0 aromatic heterocycles. The minimum absolute atomic E-state index is 0.0491. The molecule has 190 valence electrons. The lowest BCUT2D eigenvalue weighted by atomic mass is 9.93. The number of hydrogen-bond acceptors (Lipinski definition) is 5. The Morgan fingerprint density at radius 2 is 1.92 bits per heavy atom. The zero-order chi connectivity index (χ0) is 25.4. The molecule has 1 fully saturated rings. The summed E-state index contributed by atoms with van der Waals surface area (Å²) in [7, 11) is 0. The van der Waals surface area contributed by atoms with E-state index in [2.05, 4.69) is 61.6 Å². The van der Waals surface area contributed by atoms with Crippen LogP contribution in [0, 0.1) is 12.8 Å². The van der Waals surface area contributed by atoms with E-state index >= 15 is 0 Å². The van der Waals surface area contributed by atoms with E-state index in [1.165, 1.54) is 16.3 Å². The fourth-order valence-corrected chi connectivity index (χ4v) is 5.47. The number of carboxylic acid groups (broad SMARTS) is 1. The molecule has 1 aliphatic heterocycles. The molecule has 1 saturated carbocycles. The molecule has 0 bridgehead atoms. The van der Waals surface area contributed by atoms with Gasteiger partial charge < -0.3 is 25.0 Å². The van der Waals surface area contributed by atoms with Crippen molar-refractivity contribution in [3.05, 3.63) is 76.9 Å². The van der Waals surface area contributed by atoms with Gasteiger partial charge in [0.15, 0.2) is 0 Å². The molecule has 0 spiro atoms. The van der Waals surface area contributed by atoms with Crippen LogP contribution in [-0.4, -0.2) is 53.7 Å². The number of aliphatic hydroxyl groups is 1. The van der Waals surface area contributed by atoms with Crippen molar-refractivity contribution in [2.75, 3.05) is 19.8 Å². The third-order valence-electron chi connectivity index (χ3n) is 7.41. The third-order valence-corrected chi connectivity index (χ3v) is 7.41. The second-order valence-corrected chi connectivity index (χ2v) is 10.9. The molecule has 3 aromatic carbocycles. The lowest BCUT2D eigenvalue weighted by Gasteiger charge is -2.28. The van der Waals surface area contributed by atoms with Gasteiger partial charge in [0.1, 0.15) is 17.8 Å². The van der Waals surface area contributed by atoms with Crippen molar-refractivity contribution in [2.24, 2.45) is 5.92 Å². The van der Waals surface area contributed by atoms with Gasteiger partial charge in [-0.05, 0) is 61.1 Å². The number of aryl methyl sites for hydroxylation is 1. The van der Waals surface area contributed by atoms with E-state index in [1.807, 2.05) is 19.1 Å². The second kappa shape index (κ2) is 9.85. The topological polar surface area (TPSA) is 88.0 Å². The van der Waals surface area contributed by atoms with Gasteiger partial charge in [0.2, 0.25) is 0 Å². The van der Waals surface area contributed by atoms with Gasteiger partial charge in [0.05, 0.1) is 19.3 Å². The average Bonchev–Trinajstić information content (AvgIpc) is 3.43. The average molecular weight is 490 g/mol. The number of benzene rings is 3. The number of rotatable bonds is 11. The number of aliphatic hydroxyl groups excluding tert-OH is 1. The molecule has 4 atom stereocenters. The first-order valence-electron chi connectivity index (χ1n) is 12.7. The molecule has 0 amide bonds. The van der Waals surface area contributed by atoms with Gasteiger partial charge in [0, 0.05) is 23.6 Å². The van der Waals surface area contributed by atoms with Crippen LogP contribution in [0.5, 0.6) is 5.75 Å². The smallest absolute Gasteiger partial charge is 0.311 e. The molecule has 1 heterocycles. The van der Waals surface area contributed by atoms with Crippen LogP contribution in [0.4, 0.5) is 0 Å². The highest BCUT2D eigenvalue weighted by Gasteiger charge is 2.63. The van der Waals surface area contributed by atoms with Crippen molar-refractivity contribution in [2.45, 2.75) is 57.3 Å². The molecule has 6 heteroatoms. The van der Waals surface area contributed by atoms with Crippen LogP contribution in [0.15, 0.2) is 54.6 Å². The molecule has 6 nitrogen and oxygen atoms in total. The first kappa shape index (κ1) is 24.8. The highest BCUT2D eigenvalue weighted by Crippen LogP contribution is 2.60. The van der Waals surface area contributed by atoms with Crippen molar-refractivity contribution >= 4 is 16.7 Å². The van der Waals surface area contributed by atoms with E-state index in [1.54, 1.807) is 0 Å². The SMILES string of the molecule is Cc1ccc(CCOC[C@@H](O)CNC(C)(C)Cc2ccc3ccccc3c2)c2c1OC1C(C(=O)O)C21. The lowest BCUT2D eigenvalue weighted by Crippen LogP contribution is -2.46. The molecule has 36 heavy (non-hydrogen) atoms. The zero-order valence-electron chi connectivity index (χ0n) is 21.2. The van der Waals surface area contributed by atoms with Crippen LogP contribution in [0.3, 0.4) is 0 Å². The van der Waals surface area contributed by atoms with Gasteiger partial charge >= 0.3 is 5.97 Å². The molecule has 3 N–H and O–H groups in total. The summed E-state index contributed by atoms with van der Waals surface area (Å²) in [5.41, 5.74) is 4.24. The predicted molar refractivity (Wildman–Crippen MR) is 140 cm³/mol. The molecule has 0 saturated heterocycles. The Morgan fingerprint density at radius 3 is 2.69 bits per heavy atom. The predicted octanol–water partition coefficient (Wildman–Crippen LogP) is 4.24. The zero-order valence-corrected chi connectivity index (χ0v) is 21.2. The minimum atomic E-state index is -0.793. The maximum absolute atomic E-state index is 11.5. The largest absolute Gasteiger partial charge is 0.488 e. The number of fused-ring (bicyclic) bond motifs is 4. The Bertz CT molecular complexity index is 1270. The number of hydrogen-bond donors (Lipinski definition) is 3. The lowest BCUT2D eigenvalue weighted by molar-refractivity contribution is -0.139. The summed E-state index contributed by atoms with van der Waals surface area (Å²) in [4.78, 5) is 11.5. The van der Waals surface area contributed by atoms with Crippen molar-refractivity contribution in [1.82, 2.24) is 5.32 Å². The van der Waals surface area contributed by atoms with E-state index in [0.717, 1.165) is 28.9 Å². The summed E-state index contributed by atoms with van der Waals surface area (Å²) >= 11 is 0. The Labute approximate surface area is 212 Å². The molecule has 3 unspecified atom stereocenters. The number of aliphatic carboxylic acids is 1. The fraction of sp³-hybridized carbons (Fsp3) is 0.433. The standard InChI is InChI=1S/C30H35NO5/c1-18-8-10-21(24-25-26(29(33)34)28(25)36-27(18)24)12-13-35-17-23(32)16-31-30(2,3)15-19-9-11-20-6-4-5-7-22(20)14-19/h4-11,14,23,25-26,28,31-32H,12-13,15-17H2,1-3H3,(H,33,34)/t23-,25?,26?,28?/m0/s1. The number of nitrogens with one attached hydrogen (secondary N) is 1. The number of carboxylic acids is 1. The van der Waals surface area contributed by atoms with E-state index in [9.17, 15) is 15.0 Å². The summed E-state index contributed by atoms with van der Waals surface area (Å²) in [5, 5.41) is 25.8. The number of ether oxygens (including phenoxy) is 2. The normalized spacial score (nSPS) is 21.1. The summed E-state index contributed by atoms with van der Waals surface area (Å²) in [6.45, 7) is 7.43. The molecule has 1 aliphatic carbocycles. The molecule has 5 rings (SSSR count). The van der Waals surface area contributed by atoms with E-state index in [0.29, 0.717) is 19.6 Å². The Balaban J connectivity index is 1.08. The second-order valence-electron chi connectivity index (χ2n) is 10.9. The van der Waals surface area contributed by atoms with Gasteiger partial charge in [-0.15, -0.1) is 0 Å². The maximum atomic E-state index is 11.5. The summed E-state index contributed by atoms with van der Waals surface area (Å²) in [6, 6.07) is 19.0. The quantitative estimate of drug-likeness (QED) is 0.349. The summed E-state index contributed by atoms with van der Waals surface area (Å²) in [5.74, 6) is -0.437. The van der Waals surface area contributed by atoms with Crippen molar-refractivity contribution in [1.29, 1.82) is 0 Å². The van der Waals surface area contributed by atoms with Gasteiger partial charge in [-0.2, -0.15) is 0 Å². The Hall–Kier alpha value is -2.93. The Kier molecular flexibility index (Phi) is 6.77. The van der Waals surface area contributed by atoms with Crippen molar-refractivity contribution in [3.8, 4) is 5.75 Å². The van der Waals surface area contributed by atoms with E-state index in [4.69, 9.17) is 9.47 Å². The number of β-amino-alcohol motifs (C(OH)–C–C–N with tert-alkyl or cyclic N) is 1. The monoisotopic (exact) mass is 489 g/mol. The molecular weight excluding hydrogens is 454 g/mol. The first-order chi connectivity index (χ1) is 17.2. The van der Waals surface area contributed by atoms with E-state index in [-0.39, 0.29) is 24.2 Å². The molecule has 0 radical (unpaired) electrons. The highest BCUT2D eigenvalue weighted by atomic mass is 16.5. The third kappa shape index (κ3) is 5.12. The molecule has 3 aromatic rings. The number of carbonyl (C=O) groups is 1. The summed E-state index contributed by atoms with van der Waals surface area (Å²) < 4.78 is 11.7. The maximum Gasteiger partial charge on any atom is 0.311 e. The van der Waals surface area contributed by atoms with Crippen molar-refractivity contribution in [3.63, 3.8) is 0 Å². The van der Waals surface area contributed by atoms with Crippen LogP contribution in [0.2, 0.25) is 0 Å². The first-order valence-corrected chi connectivity index (χ1v) is 12.7. The van der Waals surface area contributed by atoms with Gasteiger partial charge in [-0.25, -0.2) is 0 Å². The van der Waals surface area contributed by atoms with Gasteiger partial charge in [0.25, 0.3) is 0 Å². The van der Waals surface area contributed by atoms with Crippen LogP contribution in [0.25, 0.3) is 10.8 Å². The van der Waals surface area contributed by atoms with Crippen LogP contribution in [-0.2, 0) is 22.4 Å². The summed E-state index contributed by atoms with van der Waals surface area (Å²) in [6.07, 6.45) is 0.668. The highest BCUT2D eigenvalue weighted by molar-refractivity contribution is 5.83. The molecule has 2 aliphatic rings.